The highest BCUT2D eigenvalue weighted by molar-refractivity contribution is 5.79. The van der Waals surface area contributed by atoms with E-state index < -0.39 is 6.10 Å². The molecule has 3 N–H and O–H groups in total. The second-order valence-electron chi connectivity index (χ2n) is 10.1. The van der Waals surface area contributed by atoms with Crippen molar-refractivity contribution in [2.75, 3.05) is 20.8 Å². The first-order valence-electron chi connectivity index (χ1n) is 12.9. The molecule has 194 valence electrons. The minimum absolute atomic E-state index is 0.0208. The van der Waals surface area contributed by atoms with Gasteiger partial charge >= 0.3 is 0 Å². The van der Waals surface area contributed by atoms with Crippen LogP contribution in [0, 0.1) is 0 Å². The van der Waals surface area contributed by atoms with Crippen molar-refractivity contribution in [1.29, 1.82) is 0 Å². The average Bonchev–Trinajstić information content (AvgIpc) is 3.42. The molecule has 0 radical (unpaired) electrons. The first kappa shape index (κ1) is 23.8. The number of aliphatic hydroxyl groups is 1. The Labute approximate surface area is 216 Å². The van der Waals surface area contributed by atoms with Crippen LogP contribution < -0.4 is 18.9 Å². The number of phenolic OH excluding ortho intramolecular Hbond substituents is 2. The van der Waals surface area contributed by atoms with Crippen molar-refractivity contribution >= 4 is 0 Å². The summed E-state index contributed by atoms with van der Waals surface area (Å²) in [5.74, 6) is 1.78. The summed E-state index contributed by atoms with van der Waals surface area (Å²) in [6.07, 6.45) is 4.84. The van der Waals surface area contributed by atoms with Crippen molar-refractivity contribution in [2.45, 2.75) is 56.7 Å². The fraction of sp³-hybridized carbons (Fsp3) is 0.400. The van der Waals surface area contributed by atoms with E-state index in [1.165, 1.54) is 7.11 Å². The van der Waals surface area contributed by atoms with Gasteiger partial charge in [0, 0.05) is 23.1 Å². The summed E-state index contributed by atoms with van der Waals surface area (Å²) in [6, 6.07) is 10.9. The Morgan fingerprint density at radius 2 is 1.57 bits per heavy atom. The van der Waals surface area contributed by atoms with Crippen molar-refractivity contribution in [3.63, 3.8) is 0 Å². The largest absolute Gasteiger partial charge is 0.508 e. The number of fused-ring (bicyclic) bond motifs is 5. The molecule has 0 bridgehead atoms. The number of hydrogen-bond donors (Lipinski definition) is 3. The fourth-order valence-corrected chi connectivity index (χ4v) is 6.17. The summed E-state index contributed by atoms with van der Waals surface area (Å²) in [5.41, 5.74) is 5.50. The zero-order chi connectivity index (χ0) is 25.7. The molecule has 1 saturated carbocycles. The third-order valence-corrected chi connectivity index (χ3v) is 8.05. The second-order valence-corrected chi connectivity index (χ2v) is 10.1. The molecule has 0 aromatic heterocycles. The molecular formula is C30H32O7. The molecule has 3 aromatic carbocycles. The van der Waals surface area contributed by atoms with Crippen LogP contribution in [0.25, 0.3) is 11.1 Å². The van der Waals surface area contributed by atoms with Crippen LogP contribution in [-0.4, -0.2) is 42.3 Å². The molecule has 3 aliphatic rings. The lowest BCUT2D eigenvalue weighted by atomic mass is 9.77. The maximum Gasteiger partial charge on any atom is 0.200 e. The number of benzene rings is 3. The molecule has 6 rings (SSSR count). The molecule has 3 aromatic rings. The summed E-state index contributed by atoms with van der Waals surface area (Å²) in [5, 5.41) is 32.8. The van der Waals surface area contributed by atoms with Crippen molar-refractivity contribution in [2.24, 2.45) is 0 Å². The monoisotopic (exact) mass is 504 g/mol. The highest BCUT2D eigenvalue weighted by Crippen LogP contribution is 2.51. The Bertz CT molecular complexity index is 1340. The molecule has 0 amide bonds. The lowest BCUT2D eigenvalue weighted by Gasteiger charge is -2.35. The first-order valence-corrected chi connectivity index (χ1v) is 12.9. The lowest BCUT2D eigenvalue weighted by molar-refractivity contribution is 0.0876. The Kier molecular flexibility index (Phi) is 6.03. The van der Waals surface area contributed by atoms with Gasteiger partial charge in [0.2, 0.25) is 5.75 Å². The van der Waals surface area contributed by atoms with Crippen LogP contribution >= 0.6 is 0 Å². The number of aromatic hydroxyl groups is 2. The molecule has 1 fully saturated rings. The molecule has 0 unspecified atom stereocenters. The number of rotatable bonds is 5. The van der Waals surface area contributed by atoms with E-state index in [9.17, 15) is 15.3 Å². The Hall–Kier alpha value is -3.58. The molecule has 37 heavy (non-hydrogen) atoms. The van der Waals surface area contributed by atoms with Gasteiger partial charge in [-0.15, -0.1) is 0 Å². The van der Waals surface area contributed by atoms with Gasteiger partial charge in [0.25, 0.3) is 0 Å². The molecular weight excluding hydrogens is 472 g/mol. The topological polar surface area (TPSA) is 97.6 Å². The summed E-state index contributed by atoms with van der Waals surface area (Å²) in [4.78, 5) is 0. The quantitative estimate of drug-likeness (QED) is 0.427. The van der Waals surface area contributed by atoms with Crippen molar-refractivity contribution in [3.05, 3.63) is 58.7 Å². The normalized spacial score (nSPS) is 20.4. The molecule has 1 aliphatic heterocycles. The minimum atomic E-state index is -0.826. The molecule has 0 saturated heterocycles. The number of methoxy groups -OCH3 is 2. The highest BCUT2D eigenvalue weighted by atomic mass is 16.5. The van der Waals surface area contributed by atoms with E-state index in [0.717, 1.165) is 65.5 Å². The smallest absolute Gasteiger partial charge is 0.200 e. The van der Waals surface area contributed by atoms with Crippen LogP contribution in [0.1, 0.15) is 60.0 Å². The average molecular weight is 505 g/mol. The first-order chi connectivity index (χ1) is 18.0. The zero-order valence-electron chi connectivity index (χ0n) is 21.1. The Balaban J connectivity index is 1.40. The van der Waals surface area contributed by atoms with Gasteiger partial charge in [0.1, 0.15) is 17.2 Å². The lowest BCUT2D eigenvalue weighted by Crippen LogP contribution is -2.26. The standard InChI is InChI=1S/C30H32O7/c1-34-25-14-17(31)13-22-19-9-10-24-28(21(19)8-7-20(22)25)29(32)23(15-36-24)16-11-26(35-2)30(33)27(12-16)37-18-5-3-4-6-18/h9-14,18,23,29,31-33H,3-8,15H2,1-2H3/t23-,29-/m0/s1. The van der Waals surface area contributed by atoms with E-state index in [1.807, 2.05) is 18.2 Å². The minimum Gasteiger partial charge on any atom is -0.508 e. The SMILES string of the molecule is COc1cc([C@@H]2COc3ccc4c(c3[C@H]2O)CCc2c(OC)cc(O)cc2-4)cc(OC2CCCC2)c1O. The van der Waals surface area contributed by atoms with Crippen molar-refractivity contribution in [3.8, 4) is 45.6 Å². The summed E-state index contributed by atoms with van der Waals surface area (Å²) in [7, 11) is 3.12. The molecule has 1 heterocycles. The molecule has 0 spiro atoms. The van der Waals surface area contributed by atoms with Gasteiger partial charge in [-0.2, -0.15) is 0 Å². The summed E-state index contributed by atoms with van der Waals surface area (Å²) in [6.45, 7) is 0.287. The van der Waals surface area contributed by atoms with Gasteiger partial charge in [0.15, 0.2) is 11.5 Å². The van der Waals surface area contributed by atoms with Gasteiger partial charge in [-0.25, -0.2) is 0 Å². The van der Waals surface area contributed by atoms with E-state index in [2.05, 4.69) is 0 Å². The van der Waals surface area contributed by atoms with Gasteiger partial charge in [-0.05, 0) is 85.0 Å². The number of aliphatic hydroxyl groups excluding tert-OH is 1. The third-order valence-electron chi connectivity index (χ3n) is 8.05. The molecule has 2 aliphatic carbocycles. The van der Waals surface area contributed by atoms with E-state index in [-0.39, 0.29) is 30.1 Å². The van der Waals surface area contributed by atoms with Crippen LogP contribution in [0.4, 0.5) is 0 Å². The molecule has 2 atom stereocenters. The summed E-state index contributed by atoms with van der Waals surface area (Å²) >= 11 is 0. The van der Waals surface area contributed by atoms with Crippen LogP contribution in [0.15, 0.2) is 36.4 Å². The Morgan fingerprint density at radius 3 is 2.32 bits per heavy atom. The van der Waals surface area contributed by atoms with Crippen LogP contribution in [-0.2, 0) is 12.8 Å². The van der Waals surface area contributed by atoms with Gasteiger partial charge < -0.3 is 34.3 Å². The summed E-state index contributed by atoms with van der Waals surface area (Å²) < 4.78 is 23.3. The Morgan fingerprint density at radius 1 is 0.838 bits per heavy atom. The van der Waals surface area contributed by atoms with Gasteiger partial charge in [-0.3, -0.25) is 0 Å². The number of hydrogen-bond acceptors (Lipinski definition) is 7. The predicted molar refractivity (Wildman–Crippen MR) is 138 cm³/mol. The van der Waals surface area contributed by atoms with Gasteiger partial charge in [0.05, 0.1) is 33.0 Å². The van der Waals surface area contributed by atoms with Crippen LogP contribution in [0.5, 0.6) is 34.5 Å². The number of ether oxygens (including phenoxy) is 4. The van der Waals surface area contributed by atoms with Crippen LogP contribution in [0.3, 0.4) is 0 Å². The molecule has 7 heteroatoms. The van der Waals surface area contributed by atoms with E-state index >= 15 is 0 Å². The number of phenols is 2. The predicted octanol–water partition coefficient (Wildman–Crippen LogP) is 5.41. The van der Waals surface area contributed by atoms with E-state index in [1.54, 1.807) is 25.3 Å². The van der Waals surface area contributed by atoms with Crippen molar-refractivity contribution < 1.29 is 34.3 Å². The maximum absolute atomic E-state index is 11.7. The highest BCUT2D eigenvalue weighted by Gasteiger charge is 2.36. The van der Waals surface area contributed by atoms with Crippen LogP contribution in [0.2, 0.25) is 0 Å². The fourth-order valence-electron chi connectivity index (χ4n) is 6.17. The van der Waals surface area contributed by atoms with Gasteiger partial charge in [-0.1, -0.05) is 6.07 Å². The molecule has 7 nitrogen and oxygen atoms in total. The van der Waals surface area contributed by atoms with E-state index in [0.29, 0.717) is 29.4 Å². The third kappa shape index (κ3) is 4.02. The zero-order valence-corrected chi connectivity index (χ0v) is 21.1. The van der Waals surface area contributed by atoms with E-state index in [4.69, 9.17) is 18.9 Å². The van der Waals surface area contributed by atoms with Crippen molar-refractivity contribution in [1.82, 2.24) is 0 Å². The maximum atomic E-state index is 11.7. The second kappa shape index (κ2) is 9.38.